The van der Waals surface area contributed by atoms with Crippen molar-refractivity contribution in [1.29, 1.82) is 0 Å². The molecule has 0 saturated carbocycles. The smallest absolute Gasteiger partial charge is 0.231 e. The van der Waals surface area contributed by atoms with Crippen LogP contribution in [0.2, 0.25) is 0 Å². The average Bonchev–Trinajstić information content (AvgIpc) is 2.98. The van der Waals surface area contributed by atoms with Crippen LogP contribution in [0.1, 0.15) is 23.6 Å². The van der Waals surface area contributed by atoms with Crippen molar-refractivity contribution in [3.05, 3.63) is 29.3 Å². The van der Waals surface area contributed by atoms with E-state index in [2.05, 4.69) is 6.07 Å². The summed E-state index contributed by atoms with van der Waals surface area (Å²) in [4.78, 5) is 13.4. The van der Waals surface area contributed by atoms with E-state index in [1.165, 1.54) is 0 Å². The number of amides is 1. The Balaban J connectivity index is 1.87. The average molecular weight is 246 g/mol. The molecule has 0 bridgehead atoms. The molecule has 96 valence electrons. The second-order valence-electron chi connectivity index (χ2n) is 5.17. The molecule has 0 aliphatic carbocycles. The van der Waals surface area contributed by atoms with Gasteiger partial charge >= 0.3 is 0 Å². The Morgan fingerprint density at radius 1 is 1.50 bits per heavy atom. The molecule has 0 spiro atoms. The molecule has 2 aliphatic heterocycles. The van der Waals surface area contributed by atoms with Gasteiger partial charge in [-0.15, -0.1) is 0 Å². The van der Waals surface area contributed by atoms with Gasteiger partial charge in [0.2, 0.25) is 5.91 Å². The highest BCUT2D eigenvalue weighted by molar-refractivity contribution is 6.00. The Hall–Kier alpha value is -1.39. The minimum absolute atomic E-state index is 0.0128. The first kappa shape index (κ1) is 11.7. The Morgan fingerprint density at radius 2 is 2.33 bits per heavy atom. The van der Waals surface area contributed by atoms with Crippen molar-refractivity contribution in [3.8, 4) is 0 Å². The lowest BCUT2D eigenvalue weighted by Gasteiger charge is -2.19. The molecule has 4 nitrogen and oxygen atoms in total. The third-order valence-electron chi connectivity index (χ3n) is 4.04. The van der Waals surface area contributed by atoms with Crippen molar-refractivity contribution in [1.82, 2.24) is 0 Å². The highest BCUT2D eigenvalue weighted by Crippen LogP contribution is 2.33. The fourth-order valence-electron chi connectivity index (χ4n) is 2.81. The van der Waals surface area contributed by atoms with Crippen molar-refractivity contribution < 1.29 is 9.53 Å². The van der Waals surface area contributed by atoms with Crippen LogP contribution in [-0.2, 0) is 16.0 Å². The first-order valence-corrected chi connectivity index (χ1v) is 6.39. The molecule has 2 unspecified atom stereocenters. The summed E-state index contributed by atoms with van der Waals surface area (Å²) in [5.74, 6) is 0.554. The number of nitrogens with two attached hydrogens (primary N) is 1. The number of rotatable bonds is 2. The Morgan fingerprint density at radius 3 is 3.06 bits per heavy atom. The van der Waals surface area contributed by atoms with Gasteiger partial charge in [-0.05, 0) is 23.6 Å². The van der Waals surface area contributed by atoms with Gasteiger partial charge in [0.1, 0.15) is 0 Å². The summed E-state index contributed by atoms with van der Waals surface area (Å²) in [5, 5.41) is 0. The molecular formula is C14H18N2O2. The van der Waals surface area contributed by atoms with Gasteiger partial charge in [-0.2, -0.15) is 0 Å². The van der Waals surface area contributed by atoms with E-state index in [1.807, 2.05) is 19.2 Å². The lowest BCUT2D eigenvalue weighted by atomic mass is 9.92. The van der Waals surface area contributed by atoms with Gasteiger partial charge in [0.15, 0.2) is 0 Å². The van der Waals surface area contributed by atoms with Crippen molar-refractivity contribution in [2.24, 2.45) is 11.7 Å². The van der Waals surface area contributed by atoms with Crippen LogP contribution in [0.3, 0.4) is 0 Å². The van der Waals surface area contributed by atoms with E-state index in [-0.39, 0.29) is 11.9 Å². The predicted octanol–water partition coefficient (Wildman–Crippen LogP) is 1.24. The van der Waals surface area contributed by atoms with Gasteiger partial charge in [-0.25, -0.2) is 0 Å². The number of ether oxygens (including phenoxy) is 1. The number of carbonyl (C=O) groups excluding carboxylic acids is 1. The number of anilines is 1. The Kier molecular flexibility index (Phi) is 2.84. The number of likely N-dealkylation sites (N-methyl/N-ethyl adjacent to an activating group) is 1. The van der Waals surface area contributed by atoms with Gasteiger partial charge < -0.3 is 15.4 Å². The van der Waals surface area contributed by atoms with Crippen LogP contribution in [0.4, 0.5) is 5.69 Å². The molecule has 1 saturated heterocycles. The fourth-order valence-corrected chi connectivity index (χ4v) is 2.81. The highest BCUT2D eigenvalue weighted by Gasteiger charge is 2.27. The van der Waals surface area contributed by atoms with Crippen LogP contribution < -0.4 is 10.6 Å². The molecule has 2 heterocycles. The van der Waals surface area contributed by atoms with E-state index in [9.17, 15) is 4.79 Å². The minimum Gasteiger partial charge on any atom is -0.381 e. The quantitative estimate of drug-likeness (QED) is 0.854. The third kappa shape index (κ3) is 1.82. The van der Waals surface area contributed by atoms with Gasteiger partial charge in [0.25, 0.3) is 0 Å². The summed E-state index contributed by atoms with van der Waals surface area (Å²) < 4.78 is 5.38. The maximum absolute atomic E-state index is 11.6. The monoisotopic (exact) mass is 246 g/mol. The number of nitrogens with zero attached hydrogens (tertiary/aromatic N) is 1. The van der Waals surface area contributed by atoms with E-state index in [0.717, 1.165) is 36.4 Å². The summed E-state index contributed by atoms with van der Waals surface area (Å²) in [6, 6.07) is 6.14. The zero-order chi connectivity index (χ0) is 12.7. The van der Waals surface area contributed by atoms with Crippen LogP contribution in [0.25, 0.3) is 0 Å². The van der Waals surface area contributed by atoms with Crippen LogP contribution >= 0.6 is 0 Å². The maximum atomic E-state index is 11.6. The summed E-state index contributed by atoms with van der Waals surface area (Å²) in [6.07, 6.45) is 1.52. The first-order chi connectivity index (χ1) is 8.66. The van der Waals surface area contributed by atoms with E-state index >= 15 is 0 Å². The van der Waals surface area contributed by atoms with Crippen molar-refractivity contribution >= 4 is 11.6 Å². The number of hydrogen-bond acceptors (Lipinski definition) is 3. The molecule has 2 atom stereocenters. The number of benzene rings is 1. The SMILES string of the molecule is CN1C(=O)Cc2cc(C(N)C3CCOC3)ccc21. The molecule has 2 N–H and O–H groups in total. The number of fused-ring (bicyclic) bond motifs is 1. The second kappa shape index (κ2) is 4.37. The fraction of sp³-hybridized carbons (Fsp3) is 0.500. The maximum Gasteiger partial charge on any atom is 0.231 e. The van der Waals surface area contributed by atoms with E-state index in [1.54, 1.807) is 4.90 Å². The van der Waals surface area contributed by atoms with Crippen LogP contribution in [0.5, 0.6) is 0 Å². The molecule has 4 heteroatoms. The van der Waals surface area contributed by atoms with Gasteiger partial charge in [0.05, 0.1) is 13.0 Å². The topological polar surface area (TPSA) is 55.6 Å². The molecule has 18 heavy (non-hydrogen) atoms. The minimum atomic E-state index is 0.0128. The zero-order valence-electron chi connectivity index (χ0n) is 10.6. The standard InChI is InChI=1S/C14H18N2O2/c1-16-12-3-2-9(6-11(12)7-13(16)17)14(15)10-4-5-18-8-10/h2-3,6,10,14H,4-5,7-8,15H2,1H3. The molecule has 1 amide bonds. The molecule has 1 fully saturated rings. The third-order valence-corrected chi connectivity index (χ3v) is 4.04. The molecule has 3 rings (SSSR count). The van der Waals surface area contributed by atoms with E-state index in [0.29, 0.717) is 12.3 Å². The predicted molar refractivity (Wildman–Crippen MR) is 69.4 cm³/mol. The molecule has 2 aliphatic rings. The lowest BCUT2D eigenvalue weighted by molar-refractivity contribution is -0.117. The van der Waals surface area contributed by atoms with Crippen LogP contribution in [-0.4, -0.2) is 26.2 Å². The second-order valence-corrected chi connectivity index (χ2v) is 5.17. The molecule has 0 radical (unpaired) electrons. The number of hydrogen-bond donors (Lipinski definition) is 1. The summed E-state index contributed by atoms with van der Waals surface area (Å²) in [6.45, 7) is 1.56. The normalized spacial score (nSPS) is 24.4. The van der Waals surface area contributed by atoms with Crippen molar-refractivity contribution in [2.45, 2.75) is 18.9 Å². The van der Waals surface area contributed by atoms with Gasteiger partial charge in [0, 0.05) is 31.3 Å². The number of carbonyl (C=O) groups is 1. The van der Waals surface area contributed by atoms with E-state index in [4.69, 9.17) is 10.5 Å². The first-order valence-electron chi connectivity index (χ1n) is 6.39. The molecule has 1 aromatic rings. The Labute approximate surface area is 107 Å². The van der Waals surface area contributed by atoms with Crippen LogP contribution in [0, 0.1) is 5.92 Å². The van der Waals surface area contributed by atoms with Crippen LogP contribution in [0.15, 0.2) is 18.2 Å². The Bertz CT molecular complexity index is 481. The lowest BCUT2D eigenvalue weighted by Crippen LogP contribution is -2.22. The van der Waals surface area contributed by atoms with E-state index < -0.39 is 0 Å². The molecule has 1 aromatic carbocycles. The van der Waals surface area contributed by atoms with Crippen molar-refractivity contribution in [3.63, 3.8) is 0 Å². The molecule has 0 aromatic heterocycles. The van der Waals surface area contributed by atoms with Gasteiger partial charge in [-0.1, -0.05) is 12.1 Å². The summed E-state index contributed by atoms with van der Waals surface area (Å²) in [7, 11) is 1.82. The zero-order valence-corrected chi connectivity index (χ0v) is 10.6. The van der Waals surface area contributed by atoms with Gasteiger partial charge in [-0.3, -0.25) is 4.79 Å². The largest absolute Gasteiger partial charge is 0.381 e. The van der Waals surface area contributed by atoms with Crippen molar-refractivity contribution in [2.75, 3.05) is 25.2 Å². The summed E-state index contributed by atoms with van der Waals surface area (Å²) >= 11 is 0. The highest BCUT2D eigenvalue weighted by atomic mass is 16.5. The molecular weight excluding hydrogens is 228 g/mol. The summed E-state index contributed by atoms with van der Waals surface area (Å²) in [5.41, 5.74) is 9.51.